The highest BCUT2D eigenvalue weighted by Crippen LogP contribution is 2.22. The molecular weight excluding hydrogens is 257 g/mol. The summed E-state index contributed by atoms with van der Waals surface area (Å²) < 4.78 is 0. The molecule has 0 bridgehead atoms. The molecule has 1 atom stereocenters. The van der Waals surface area contributed by atoms with E-state index < -0.39 is 0 Å². The molecule has 1 saturated heterocycles. The average Bonchev–Trinajstić information content (AvgIpc) is 2.35. The molecule has 1 aliphatic heterocycles. The van der Waals surface area contributed by atoms with E-state index in [4.69, 9.17) is 23.2 Å². The van der Waals surface area contributed by atoms with Crippen LogP contribution in [-0.4, -0.2) is 18.4 Å². The summed E-state index contributed by atoms with van der Waals surface area (Å²) in [6.07, 6.45) is 3.56. The largest absolute Gasteiger partial charge is 0.307 e. The van der Waals surface area contributed by atoms with E-state index >= 15 is 0 Å². The molecule has 4 heteroatoms. The maximum atomic E-state index is 12.1. The molecule has 0 amide bonds. The molecule has 1 heterocycles. The maximum absolute atomic E-state index is 12.1. The van der Waals surface area contributed by atoms with Crippen LogP contribution in [-0.2, 0) is 11.2 Å². The lowest BCUT2D eigenvalue weighted by atomic mass is 9.97. The van der Waals surface area contributed by atoms with Crippen molar-refractivity contribution in [2.75, 3.05) is 6.54 Å². The van der Waals surface area contributed by atoms with E-state index in [9.17, 15) is 4.79 Å². The molecule has 1 aromatic carbocycles. The number of hydrogen-bond acceptors (Lipinski definition) is 2. The van der Waals surface area contributed by atoms with Crippen molar-refractivity contribution in [3.63, 3.8) is 0 Å². The van der Waals surface area contributed by atoms with E-state index in [0.717, 1.165) is 31.4 Å². The Labute approximate surface area is 111 Å². The van der Waals surface area contributed by atoms with E-state index in [-0.39, 0.29) is 11.8 Å². The molecule has 0 spiro atoms. The number of nitrogens with one attached hydrogen (secondary N) is 1. The van der Waals surface area contributed by atoms with Crippen LogP contribution in [0.2, 0.25) is 10.0 Å². The number of halogens is 2. The highest BCUT2D eigenvalue weighted by molar-refractivity contribution is 6.33. The minimum atomic E-state index is -0.0150. The molecule has 0 aromatic heterocycles. The van der Waals surface area contributed by atoms with Gasteiger partial charge in [0.15, 0.2) is 5.78 Å². The molecule has 0 aliphatic carbocycles. The van der Waals surface area contributed by atoms with Crippen LogP contribution in [0.4, 0.5) is 0 Å². The number of carbonyl (C=O) groups is 1. The van der Waals surface area contributed by atoms with Gasteiger partial charge in [-0.2, -0.15) is 0 Å². The van der Waals surface area contributed by atoms with E-state index in [0.29, 0.717) is 16.5 Å². The van der Waals surface area contributed by atoms with Crippen molar-refractivity contribution in [2.45, 2.75) is 31.7 Å². The van der Waals surface area contributed by atoms with E-state index in [1.807, 2.05) is 0 Å². The second-order valence-electron chi connectivity index (χ2n) is 4.38. The van der Waals surface area contributed by atoms with Crippen LogP contribution in [0.3, 0.4) is 0 Å². The van der Waals surface area contributed by atoms with Gasteiger partial charge in [0.05, 0.1) is 6.04 Å². The SMILES string of the molecule is O=C(Cc1cc(Cl)ccc1Cl)C1CCCCN1. The molecule has 1 N–H and O–H groups in total. The Morgan fingerprint density at radius 3 is 2.88 bits per heavy atom. The summed E-state index contributed by atoms with van der Waals surface area (Å²) in [5.41, 5.74) is 0.816. The van der Waals surface area contributed by atoms with Gasteiger partial charge < -0.3 is 5.32 Å². The van der Waals surface area contributed by atoms with Crippen molar-refractivity contribution in [2.24, 2.45) is 0 Å². The van der Waals surface area contributed by atoms with Crippen molar-refractivity contribution in [1.82, 2.24) is 5.32 Å². The van der Waals surface area contributed by atoms with Crippen LogP contribution in [0.5, 0.6) is 0 Å². The molecule has 0 saturated carbocycles. The van der Waals surface area contributed by atoms with Crippen LogP contribution >= 0.6 is 23.2 Å². The Hall–Kier alpha value is -0.570. The Morgan fingerprint density at radius 1 is 1.35 bits per heavy atom. The van der Waals surface area contributed by atoms with Gasteiger partial charge in [0.25, 0.3) is 0 Å². The normalized spacial score (nSPS) is 20.2. The zero-order chi connectivity index (χ0) is 12.3. The first-order valence-corrected chi connectivity index (χ1v) is 6.62. The van der Waals surface area contributed by atoms with Gasteiger partial charge in [-0.05, 0) is 43.1 Å². The summed E-state index contributed by atoms with van der Waals surface area (Å²) in [5, 5.41) is 4.48. The van der Waals surface area contributed by atoms with Gasteiger partial charge in [0, 0.05) is 16.5 Å². The van der Waals surface area contributed by atoms with Crippen molar-refractivity contribution in [3.8, 4) is 0 Å². The molecule has 2 nitrogen and oxygen atoms in total. The third-order valence-electron chi connectivity index (χ3n) is 3.07. The number of ketones is 1. The number of benzene rings is 1. The van der Waals surface area contributed by atoms with Gasteiger partial charge in [-0.25, -0.2) is 0 Å². The summed E-state index contributed by atoms with van der Waals surface area (Å²) >= 11 is 11.9. The number of rotatable bonds is 3. The van der Waals surface area contributed by atoms with Crippen molar-refractivity contribution >= 4 is 29.0 Å². The number of piperidine rings is 1. The number of hydrogen-bond donors (Lipinski definition) is 1. The van der Waals surface area contributed by atoms with Crippen LogP contribution in [0.1, 0.15) is 24.8 Å². The predicted octanol–water partition coefficient (Wildman–Crippen LogP) is 3.25. The van der Waals surface area contributed by atoms with Crippen LogP contribution in [0, 0.1) is 0 Å². The van der Waals surface area contributed by atoms with Gasteiger partial charge in [-0.1, -0.05) is 29.6 Å². The fourth-order valence-corrected chi connectivity index (χ4v) is 2.50. The second kappa shape index (κ2) is 5.85. The molecule has 0 radical (unpaired) electrons. The summed E-state index contributed by atoms with van der Waals surface area (Å²) in [4.78, 5) is 12.1. The number of carbonyl (C=O) groups excluding carboxylic acids is 1. The van der Waals surface area contributed by atoms with Crippen molar-refractivity contribution < 1.29 is 4.79 Å². The Kier molecular flexibility index (Phi) is 4.43. The van der Waals surface area contributed by atoms with Gasteiger partial charge in [-0.3, -0.25) is 4.79 Å². The first-order valence-electron chi connectivity index (χ1n) is 5.87. The molecule has 1 fully saturated rings. The molecule has 17 heavy (non-hydrogen) atoms. The van der Waals surface area contributed by atoms with E-state index in [1.165, 1.54) is 0 Å². The van der Waals surface area contributed by atoms with Crippen LogP contribution < -0.4 is 5.32 Å². The lowest BCUT2D eigenvalue weighted by Crippen LogP contribution is -2.41. The van der Waals surface area contributed by atoms with Crippen molar-refractivity contribution in [1.29, 1.82) is 0 Å². The summed E-state index contributed by atoms with van der Waals surface area (Å²) in [7, 11) is 0. The van der Waals surface area contributed by atoms with E-state index in [1.54, 1.807) is 18.2 Å². The van der Waals surface area contributed by atoms with Gasteiger partial charge in [0.1, 0.15) is 0 Å². The zero-order valence-electron chi connectivity index (χ0n) is 9.51. The highest BCUT2D eigenvalue weighted by atomic mass is 35.5. The Bertz CT molecular complexity index is 414. The van der Waals surface area contributed by atoms with Crippen LogP contribution in [0.15, 0.2) is 18.2 Å². The second-order valence-corrected chi connectivity index (χ2v) is 5.22. The Morgan fingerprint density at radius 2 is 2.18 bits per heavy atom. The standard InChI is InChI=1S/C13H15Cl2NO/c14-10-4-5-11(15)9(7-10)8-13(17)12-3-1-2-6-16-12/h4-5,7,12,16H,1-3,6,8H2. The van der Waals surface area contributed by atoms with Crippen molar-refractivity contribution in [3.05, 3.63) is 33.8 Å². The fourth-order valence-electron chi connectivity index (χ4n) is 2.12. The smallest absolute Gasteiger partial charge is 0.154 e. The molecule has 1 aromatic rings. The monoisotopic (exact) mass is 271 g/mol. The van der Waals surface area contributed by atoms with Crippen LogP contribution in [0.25, 0.3) is 0 Å². The Balaban J connectivity index is 2.04. The van der Waals surface area contributed by atoms with Gasteiger partial charge in [0.2, 0.25) is 0 Å². The minimum absolute atomic E-state index is 0.0150. The fraction of sp³-hybridized carbons (Fsp3) is 0.462. The topological polar surface area (TPSA) is 29.1 Å². The quantitative estimate of drug-likeness (QED) is 0.915. The summed E-state index contributed by atoms with van der Waals surface area (Å²) in [6.45, 7) is 0.930. The molecule has 92 valence electrons. The summed E-state index contributed by atoms with van der Waals surface area (Å²) in [6, 6.07) is 5.22. The lowest BCUT2D eigenvalue weighted by Gasteiger charge is -2.22. The average molecular weight is 272 g/mol. The molecule has 2 rings (SSSR count). The van der Waals surface area contributed by atoms with E-state index in [2.05, 4.69) is 5.32 Å². The van der Waals surface area contributed by atoms with Gasteiger partial charge >= 0.3 is 0 Å². The summed E-state index contributed by atoms with van der Waals surface area (Å²) in [5.74, 6) is 0.203. The third kappa shape index (κ3) is 3.44. The first kappa shape index (κ1) is 12.9. The highest BCUT2D eigenvalue weighted by Gasteiger charge is 2.21. The van der Waals surface area contributed by atoms with Gasteiger partial charge in [-0.15, -0.1) is 0 Å². The number of Topliss-reactive ketones (excluding diaryl/α,β-unsaturated/α-hetero) is 1. The molecule has 1 unspecified atom stereocenters. The predicted molar refractivity (Wildman–Crippen MR) is 70.8 cm³/mol. The minimum Gasteiger partial charge on any atom is -0.307 e. The third-order valence-corrected chi connectivity index (χ3v) is 3.68. The molecule has 1 aliphatic rings. The lowest BCUT2D eigenvalue weighted by molar-refractivity contribution is -0.120. The first-order chi connectivity index (χ1) is 8.16. The zero-order valence-corrected chi connectivity index (χ0v) is 11.0. The maximum Gasteiger partial charge on any atom is 0.154 e. The molecular formula is C13H15Cl2NO.